The molecule has 3 aromatic carbocycles. The van der Waals surface area contributed by atoms with Gasteiger partial charge in [-0.1, -0.05) is 79.7 Å². The third-order valence-electron chi connectivity index (χ3n) is 9.60. The molecule has 0 saturated carbocycles. The number of benzene rings is 3. The molecule has 254 valence electrons. The molecule has 0 aliphatic rings. The van der Waals surface area contributed by atoms with Gasteiger partial charge < -0.3 is 4.74 Å². The standard InChI is InChI=1S/C44H47N5O/c1-9-30(10-2)31-17-18-46-42(21-31)49-40-14-12-11-13-38(40)39-16-15-36(26-41(39)49)50-37-25-35(27-45-28-37)48-20-19-47(29-48)34-23-32(43(3,4)5)22-33(24-34)44(6,7)8/h11-28,30H,9-10H2,1-8H3/i30D. The fourth-order valence-electron chi connectivity index (χ4n) is 6.63. The van der Waals surface area contributed by atoms with Crippen molar-refractivity contribution in [3.05, 3.63) is 133 Å². The van der Waals surface area contributed by atoms with Gasteiger partial charge in [0.25, 0.3) is 6.33 Å². The Bertz CT molecular complexity index is 2340. The van der Waals surface area contributed by atoms with Crippen molar-refractivity contribution in [2.75, 3.05) is 0 Å². The van der Waals surface area contributed by atoms with E-state index in [1.807, 2.05) is 52.1 Å². The fourth-order valence-corrected chi connectivity index (χ4v) is 6.63. The van der Waals surface area contributed by atoms with Crippen molar-refractivity contribution in [2.24, 2.45) is 0 Å². The second-order valence-corrected chi connectivity index (χ2v) is 15.1. The first-order valence-electron chi connectivity index (χ1n) is 18.1. The van der Waals surface area contributed by atoms with Crippen LogP contribution in [-0.2, 0) is 10.8 Å². The van der Waals surface area contributed by atoms with Crippen LogP contribution in [0.25, 0.3) is 39.0 Å². The molecule has 0 bridgehead atoms. The molecule has 4 aromatic heterocycles. The Balaban J connectivity index is 1.23. The Morgan fingerprint density at radius 3 is 2.24 bits per heavy atom. The number of ether oxygens (including phenoxy) is 1. The molecule has 0 N–H and O–H groups in total. The average Bonchev–Trinajstić information content (AvgIpc) is 3.74. The first-order chi connectivity index (χ1) is 24.3. The Labute approximate surface area is 297 Å². The summed E-state index contributed by atoms with van der Waals surface area (Å²) in [6.45, 7) is 17.7. The van der Waals surface area contributed by atoms with Crippen LogP contribution < -0.4 is 9.30 Å². The van der Waals surface area contributed by atoms with Gasteiger partial charge in [-0.3, -0.25) is 18.7 Å². The molecular formula is C44H47N5O. The number of fused-ring (bicyclic) bond motifs is 3. The molecule has 0 fully saturated rings. The van der Waals surface area contributed by atoms with Crippen LogP contribution in [0.1, 0.15) is 92.2 Å². The number of imidazole rings is 1. The van der Waals surface area contributed by atoms with Crippen molar-refractivity contribution in [3.8, 4) is 28.7 Å². The lowest BCUT2D eigenvalue weighted by Gasteiger charge is -2.26. The minimum Gasteiger partial charge on any atom is -0.456 e. The molecule has 0 unspecified atom stereocenters. The van der Waals surface area contributed by atoms with Crippen molar-refractivity contribution < 1.29 is 10.7 Å². The summed E-state index contributed by atoms with van der Waals surface area (Å²) in [6.07, 6.45) is 14.4. The molecular weight excluding hydrogens is 615 g/mol. The summed E-state index contributed by atoms with van der Waals surface area (Å²) in [5.41, 5.74) is 7.55. The van der Waals surface area contributed by atoms with Crippen LogP contribution in [0.4, 0.5) is 0 Å². The van der Waals surface area contributed by atoms with Gasteiger partial charge >= 0.3 is 0 Å². The largest absolute Gasteiger partial charge is 0.456 e. The van der Waals surface area contributed by atoms with E-state index in [0.717, 1.165) is 57.4 Å². The molecule has 0 saturated heterocycles. The summed E-state index contributed by atoms with van der Waals surface area (Å²) in [5, 5.41) is 2.24. The third kappa shape index (κ3) is 6.42. The highest BCUT2D eigenvalue weighted by Gasteiger charge is 2.21. The summed E-state index contributed by atoms with van der Waals surface area (Å²) in [6, 6.07) is 27.4. The first kappa shape index (κ1) is 32.0. The average molecular weight is 663 g/mol. The van der Waals surface area contributed by atoms with Crippen LogP contribution in [0.3, 0.4) is 0 Å². The third-order valence-corrected chi connectivity index (χ3v) is 9.60. The van der Waals surface area contributed by atoms with E-state index in [4.69, 9.17) is 11.1 Å². The number of para-hydroxylation sites is 1. The number of hydrogen-bond acceptors (Lipinski definition) is 3. The highest BCUT2D eigenvalue weighted by molar-refractivity contribution is 6.09. The van der Waals surface area contributed by atoms with Crippen molar-refractivity contribution in [1.82, 2.24) is 19.1 Å². The van der Waals surface area contributed by atoms with E-state index in [1.54, 1.807) is 6.20 Å². The van der Waals surface area contributed by atoms with Gasteiger partial charge in [-0.15, -0.1) is 0 Å². The maximum absolute atomic E-state index is 9.08. The van der Waals surface area contributed by atoms with Gasteiger partial charge in [-0.05, 0) is 94.8 Å². The van der Waals surface area contributed by atoms with Gasteiger partial charge in [0.05, 0.1) is 28.6 Å². The molecule has 7 rings (SSSR count). The zero-order valence-corrected chi connectivity index (χ0v) is 30.5. The van der Waals surface area contributed by atoms with E-state index in [-0.39, 0.29) is 10.8 Å². The lowest BCUT2D eigenvalue weighted by atomic mass is 9.80. The van der Waals surface area contributed by atoms with Crippen LogP contribution in [0.2, 0.25) is 0 Å². The van der Waals surface area contributed by atoms with Gasteiger partial charge in [0.15, 0.2) is 0 Å². The fraction of sp³-hybridized carbons (Fsp3) is 0.295. The Morgan fingerprint density at radius 2 is 1.52 bits per heavy atom. The summed E-state index contributed by atoms with van der Waals surface area (Å²) in [4.78, 5) is 9.34. The maximum Gasteiger partial charge on any atom is 0.268 e. The lowest BCUT2D eigenvalue weighted by Crippen LogP contribution is -2.30. The molecule has 4 heterocycles. The van der Waals surface area contributed by atoms with Crippen molar-refractivity contribution in [1.29, 1.82) is 0 Å². The topological polar surface area (TPSA) is 48.8 Å². The van der Waals surface area contributed by atoms with Crippen LogP contribution in [0.15, 0.2) is 110 Å². The molecule has 0 amide bonds. The van der Waals surface area contributed by atoms with E-state index in [2.05, 4.69) is 132 Å². The molecule has 0 radical (unpaired) electrons. The van der Waals surface area contributed by atoms with Crippen molar-refractivity contribution >= 4 is 21.8 Å². The molecule has 50 heavy (non-hydrogen) atoms. The second kappa shape index (κ2) is 12.9. The number of rotatable bonds is 8. The minimum atomic E-state index is -0.662. The number of pyridine rings is 2. The summed E-state index contributed by atoms with van der Waals surface area (Å²) in [7, 11) is 0. The van der Waals surface area contributed by atoms with E-state index in [0.29, 0.717) is 11.5 Å². The summed E-state index contributed by atoms with van der Waals surface area (Å²) < 4.78 is 21.7. The van der Waals surface area contributed by atoms with E-state index < -0.39 is 5.89 Å². The summed E-state index contributed by atoms with van der Waals surface area (Å²) >= 11 is 0. The van der Waals surface area contributed by atoms with E-state index in [1.165, 1.54) is 11.1 Å². The smallest absolute Gasteiger partial charge is 0.268 e. The Kier molecular flexibility index (Phi) is 8.26. The quantitative estimate of drug-likeness (QED) is 0.120. The highest BCUT2D eigenvalue weighted by Crippen LogP contribution is 2.36. The normalized spacial score (nSPS) is 12.8. The van der Waals surface area contributed by atoms with Crippen LogP contribution in [-0.4, -0.2) is 19.1 Å². The van der Waals surface area contributed by atoms with Crippen LogP contribution in [0, 0.1) is 6.33 Å². The molecule has 6 nitrogen and oxygen atoms in total. The monoisotopic (exact) mass is 662 g/mol. The minimum absolute atomic E-state index is 0.0185. The van der Waals surface area contributed by atoms with Gasteiger partial charge in [0.1, 0.15) is 17.3 Å². The van der Waals surface area contributed by atoms with Gasteiger partial charge in [-0.2, -0.15) is 0 Å². The predicted octanol–water partition coefficient (Wildman–Crippen LogP) is 10.7. The number of nitrogens with zero attached hydrogens (tertiary/aromatic N) is 5. The first-order valence-corrected chi connectivity index (χ1v) is 17.6. The van der Waals surface area contributed by atoms with Gasteiger partial charge in [-0.25, -0.2) is 4.98 Å². The Hall–Kier alpha value is -5.23. The number of aromatic nitrogens is 5. The zero-order valence-electron chi connectivity index (χ0n) is 31.5. The molecule has 0 spiro atoms. The van der Waals surface area contributed by atoms with E-state index in [9.17, 15) is 0 Å². The van der Waals surface area contributed by atoms with Crippen molar-refractivity contribution in [2.45, 2.75) is 85.0 Å². The number of hydrogen-bond donors (Lipinski definition) is 0. The second-order valence-electron chi connectivity index (χ2n) is 15.1. The molecule has 0 atom stereocenters. The van der Waals surface area contributed by atoms with Gasteiger partial charge in [0.2, 0.25) is 0 Å². The maximum atomic E-state index is 9.08. The predicted molar refractivity (Wildman–Crippen MR) is 203 cm³/mol. The zero-order chi connectivity index (χ0) is 36.1. The Morgan fingerprint density at radius 1 is 0.800 bits per heavy atom. The molecule has 7 aromatic rings. The molecule has 0 aliphatic carbocycles. The molecule has 0 aliphatic heterocycles. The van der Waals surface area contributed by atoms with Gasteiger partial charge in [0, 0.05) is 43.0 Å². The van der Waals surface area contributed by atoms with Crippen LogP contribution in [0.5, 0.6) is 11.5 Å². The van der Waals surface area contributed by atoms with Crippen molar-refractivity contribution in [3.63, 3.8) is 0 Å². The summed E-state index contributed by atoms with van der Waals surface area (Å²) in [5.74, 6) is 1.44. The molecule has 6 heteroatoms. The lowest BCUT2D eigenvalue weighted by molar-refractivity contribution is -0.599. The SMILES string of the molecule is [2H]C(CC)(CC)c1ccnc(-n2c3ccccc3c3ccc(Oc4cncc(-n5[c-][n+](-c6cc(C(C)(C)C)cc(C(C)(C)C)c6)cc5)c4)cc32)c1. The van der Waals surface area contributed by atoms with E-state index >= 15 is 0 Å². The van der Waals surface area contributed by atoms with Crippen LogP contribution >= 0.6 is 0 Å². The highest BCUT2D eigenvalue weighted by atomic mass is 16.5.